The summed E-state index contributed by atoms with van der Waals surface area (Å²) in [6.45, 7) is 1.77. The Morgan fingerprint density at radius 3 is 1.00 bits per heavy atom. The smallest absolute Gasteiger partial charge is 0.220 e. The summed E-state index contributed by atoms with van der Waals surface area (Å²) in [5.41, 5.74) is 0. The van der Waals surface area contributed by atoms with Crippen LogP contribution in [0, 0.1) is 0 Å². The number of hydrogen-bond donors (Lipinski definition) is 12. The molecule has 0 radical (unpaired) electrons. The zero-order chi connectivity index (χ0) is 76.7. The van der Waals surface area contributed by atoms with E-state index in [1.165, 1.54) is 289 Å². The van der Waals surface area contributed by atoms with E-state index < -0.39 is 124 Å². The van der Waals surface area contributed by atoms with Gasteiger partial charge in [0.15, 0.2) is 18.9 Å². The molecule has 3 aliphatic rings. The minimum Gasteiger partial charge on any atom is -0.394 e. The Balaban J connectivity index is 1.34. The molecule has 12 N–H and O–H groups in total. The molecule has 0 bridgehead atoms. The van der Waals surface area contributed by atoms with Crippen LogP contribution in [0.25, 0.3) is 0 Å². The number of allylic oxidation sites excluding steroid dienone is 7. The molecule has 19 heteroatoms. The standard InChI is InChI=1S/C87H161NO18/c1-3-5-7-9-11-13-15-17-19-21-23-25-27-29-31-32-33-34-35-36-37-38-39-41-43-45-47-49-51-53-55-57-59-61-63-65-75(93)88-70(71(92)64-62-60-58-56-54-52-50-48-46-44-42-40-30-28-26-24-22-20-18-16-14-12-10-8-6-4-2)69-101-85-81(99)78(96)83(73(67-90)103-85)106-87-82(100)79(97)84(74(68-91)104-87)105-86-80(98)77(95)76(94)72(66-89)102-86/h15,17,21,23,54,56,62,64,70-74,76-87,89-92,94-100H,3-14,16,18-20,22,24-53,55,57-61,63,65-69H2,1-2H3,(H,88,93)/b17-15-,23-21-,56-54+,64-62+. The van der Waals surface area contributed by atoms with E-state index in [1.54, 1.807) is 6.08 Å². The number of rotatable bonds is 71. The van der Waals surface area contributed by atoms with Crippen LogP contribution in [0.2, 0.25) is 0 Å². The Morgan fingerprint density at radius 2 is 0.632 bits per heavy atom. The lowest BCUT2D eigenvalue weighted by Crippen LogP contribution is -2.66. The second kappa shape index (κ2) is 67.3. The largest absolute Gasteiger partial charge is 0.394 e. The third-order valence-corrected chi connectivity index (χ3v) is 21.8. The fourth-order valence-corrected chi connectivity index (χ4v) is 14.8. The van der Waals surface area contributed by atoms with Crippen LogP contribution in [0.3, 0.4) is 0 Å². The number of unbranched alkanes of at least 4 members (excludes halogenated alkanes) is 49. The lowest BCUT2D eigenvalue weighted by atomic mass is 9.96. The zero-order valence-electron chi connectivity index (χ0n) is 66.9. The molecular formula is C87H161NO18. The Bertz CT molecular complexity index is 2100. The number of aliphatic hydroxyl groups is 11. The van der Waals surface area contributed by atoms with E-state index in [0.29, 0.717) is 12.8 Å². The number of amides is 1. The van der Waals surface area contributed by atoms with Gasteiger partial charge in [-0.25, -0.2) is 0 Å². The lowest BCUT2D eigenvalue weighted by molar-refractivity contribution is -0.379. The first kappa shape index (κ1) is 97.9. The molecule has 3 aliphatic heterocycles. The average Bonchev–Trinajstić information content (AvgIpc) is 0.779. The summed E-state index contributed by atoms with van der Waals surface area (Å²) in [6, 6.07) is -0.991. The van der Waals surface area contributed by atoms with Gasteiger partial charge < -0.3 is 89.9 Å². The molecule has 0 aromatic rings. The summed E-state index contributed by atoms with van der Waals surface area (Å²) in [5, 5.41) is 121. The highest BCUT2D eigenvalue weighted by atomic mass is 16.8. The van der Waals surface area contributed by atoms with Crippen molar-refractivity contribution in [3.63, 3.8) is 0 Å². The van der Waals surface area contributed by atoms with Crippen molar-refractivity contribution in [2.24, 2.45) is 0 Å². The van der Waals surface area contributed by atoms with Gasteiger partial charge in [0.25, 0.3) is 0 Å². The fraction of sp³-hybridized carbons (Fsp3) is 0.897. The van der Waals surface area contributed by atoms with E-state index in [1.807, 2.05) is 6.08 Å². The molecule has 17 unspecified atom stereocenters. The van der Waals surface area contributed by atoms with Crippen LogP contribution in [0.5, 0.6) is 0 Å². The minimum absolute atomic E-state index is 0.239. The molecule has 19 nitrogen and oxygen atoms in total. The van der Waals surface area contributed by atoms with Gasteiger partial charge in [-0.1, -0.05) is 345 Å². The van der Waals surface area contributed by atoms with Crippen molar-refractivity contribution in [1.29, 1.82) is 0 Å². The number of nitrogens with one attached hydrogen (secondary N) is 1. The van der Waals surface area contributed by atoms with Crippen molar-refractivity contribution in [2.75, 3.05) is 26.4 Å². The van der Waals surface area contributed by atoms with Gasteiger partial charge >= 0.3 is 0 Å². The second-order valence-corrected chi connectivity index (χ2v) is 31.3. The summed E-state index contributed by atoms with van der Waals surface area (Å²) in [4.78, 5) is 13.5. The highest BCUT2D eigenvalue weighted by molar-refractivity contribution is 5.76. The third-order valence-electron chi connectivity index (χ3n) is 21.8. The molecule has 1 amide bonds. The molecule has 3 heterocycles. The van der Waals surface area contributed by atoms with Gasteiger partial charge in [-0.05, 0) is 64.2 Å². The van der Waals surface area contributed by atoms with Crippen LogP contribution in [0.1, 0.15) is 367 Å². The number of carbonyl (C=O) groups is 1. The Hall–Kier alpha value is -2.25. The molecule has 17 atom stereocenters. The molecule has 0 aromatic heterocycles. The van der Waals surface area contributed by atoms with Gasteiger partial charge in [0, 0.05) is 6.42 Å². The maximum Gasteiger partial charge on any atom is 0.220 e. The number of hydrogen-bond acceptors (Lipinski definition) is 18. The van der Waals surface area contributed by atoms with Crippen molar-refractivity contribution < 1.29 is 89.4 Å². The van der Waals surface area contributed by atoms with Crippen LogP contribution >= 0.6 is 0 Å². The van der Waals surface area contributed by atoms with Crippen molar-refractivity contribution in [2.45, 2.75) is 471 Å². The summed E-state index contributed by atoms with van der Waals surface area (Å²) in [5.74, 6) is -0.278. The molecule has 3 rings (SSSR count). The molecular weight excluding hydrogens is 1350 g/mol. The summed E-state index contributed by atoms with van der Waals surface area (Å²) < 4.78 is 34.5. The first-order valence-electron chi connectivity index (χ1n) is 43.9. The monoisotopic (exact) mass is 1510 g/mol. The number of aliphatic hydroxyl groups excluding tert-OH is 11. The van der Waals surface area contributed by atoms with Gasteiger partial charge in [-0.3, -0.25) is 4.79 Å². The molecule has 0 saturated carbocycles. The first-order valence-corrected chi connectivity index (χ1v) is 43.9. The highest BCUT2D eigenvalue weighted by Crippen LogP contribution is 2.33. The number of carbonyl (C=O) groups excluding carboxylic acids is 1. The molecule has 3 fully saturated rings. The van der Waals surface area contributed by atoms with Crippen molar-refractivity contribution in [3.8, 4) is 0 Å². The maximum atomic E-state index is 13.5. The summed E-state index contributed by atoms with van der Waals surface area (Å²) in [7, 11) is 0. The molecule has 3 saturated heterocycles. The lowest BCUT2D eigenvalue weighted by Gasteiger charge is -2.48. The third kappa shape index (κ3) is 46.1. The summed E-state index contributed by atoms with van der Waals surface area (Å²) >= 11 is 0. The molecule has 106 heavy (non-hydrogen) atoms. The topological polar surface area (TPSA) is 307 Å². The zero-order valence-corrected chi connectivity index (χ0v) is 66.9. The Kier molecular flexibility index (Phi) is 62.2. The fourth-order valence-electron chi connectivity index (χ4n) is 14.8. The van der Waals surface area contributed by atoms with Crippen LogP contribution in [0.15, 0.2) is 48.6 Å². The minimum atomic E-state index is -1.98. The molecule has 0 spiro atoms. The van der Waals surface area contributed by atoms with Gasteiger partial charge in [0.1, 0.15) is 73.2 Å². The van der Waals surface area contributed by atoms with Gasteiger partial charge in [0.2, 0.25) is 5.91 Å². The van der Waals surface area contributed by atoms with E-state index in [9.17, 15) is 61.0 Å². The predicted octanol–water partition coefficient (Wildman–Crippen LogP) is 16.0. The highest BCUT2D eigenvalue weighted by Gasteiger charge is 2.54. The summed E-state index contributed by atoms with van der Waals surface area (Å²) in [6.07, 6.45) is 59.8. The molecule has 0 aromatic carbocycles. The van der Waals surface area contributed by atoms with Crippen LogP contribution in [-0.2, 0) is 33.2 Å². The van der Waals surface area contributed by atoms with Crippen LogP contribution in [0.4, 0.5) is 0 Å². The van der Waals surface area contributed by atoms with E-state index in [-0.39, 0.29) is 18.9 Å². The molecule has 0 aliphatic carbocycles. The van der Waals surface area contributed by atoms with E-state index in [4.69, 9.17) is 28.4 Å². The van der Waals surface area contributed by atoms with Crippen molar-refractivity contribution in [1.82, 2.24) is 5.32 Å². The van der Waals surface area contributed by atoms with Crippen LogP contribution < -0.4 is 5.32 Å². The maximum absolute atomic E-state index is 13.5. The van der Waals surface area contributed by atoms with Crippen molar-refractivity contribution in [3.05, 3.63) is 48.6 Å². The Morgan fingerprint density at radius 1 is 0.340 bits per heavy atom. The van der Waals surface area contributed by atoms with Gasteiger partial charge in [-0.15, -0.1) is 0 Å². The van der Waals surface area contributed by atoms with Crippen LogP contribution in [-0.4, -0.2) is 193 Å². The van der Waals surface area contributed by atoms with Gasteiger partial charge in [-0.2, -0.15) is 0 Å². The quantitative estimate of drug-likeness (QED) is 0.0199. The predicted molar refractivity (Wildman–Crippen MR) is 425 cm³/mol. The van der Waals surface area contributed by atoms with E-state index >= 15 is 0 Å². The molecule has 622 valence electrons. The Labute approximate surface area is 643 Å². The number of ether oxygens (including phenoxy) is 6. The average molecular weight is 1510 g/mol. The normalized spacial score (nSPS) is 25.8. The first-order chi connectivity index (χ1) is 51.8. The SMILES string of the molecule is CCCCCCC/C=C\C/C=C\CCCCCCCCCCCCCCCCCCCCCCCCCC(=O)NC(COC1OC(CO)C(OC2OC(CO)C(OC3OC(CO)C(O)C(O)C3O)C(O)C2O)C(O)C1O)C(O)/C=C/CC/C=C/CCCCCCCCCCCCCCCCCCCCCC. The second-order valence-electron chi connectivity index (χ2n) is 31.3. The van der Waals surface area contributed by atoms with E-state index in [2.05, 4.69) is 55.6 Å². The van der Waals surface area contributed by atoms with E-state index in [0.717, 1.165) is 44.9 Å². The van der Waals surface area contributed by atoms with Gasteiger partial charge in [0.05, 0.1) is 38.6 Å². The van der Waals surface area contributed by atoms with Crippen molar-refractivity contribution >= 4 is 5.91 Å².